The molecule has 1 fully saturated rings. The zero-order valence-electron chi connectivity index (χ0n) is 18.5. The van der Waals surface area contributed by atoms with Gasteiger partial charge in [-0.3, -0.25) is 9.59 Å². The Kier molecular flexibility index (Phi) is 5.87. The molecule has 0 bridgehead atoms. The third kappa shape index (κ3) is 4.19. The van der Waals surface area contributed by atoms with E-state index in [9.17, 15) is 19.1 Å². The number of halogens is 1. The molecule has 0 saturated heterocycles. The number of thiazole rings is 1. The van der Waals surface area contributed by atoms with E-state index in [2.05, 4.69) is 10.3 Å². The predicted octanol–water partition coefficient (Wildman–Crippen LogP) is 6.84. The molecule has 7 heteroatoms. The highest BCUT2D eigenvalue weighted by molar-refractivity contribution is 7.22. The first-order valence-corrected chi connectivity index (χ1v) is 12.0. The van der Waals surface area contributed by atoms with Crippen molar-refractivity contribution in [3.63, 3.8) is 0 Å². The van der Waals surface area contributed by atoms with Gasteiger partial charge >= 0.3 is 5.97 Å². The van der Waals surface area contributed by atoms with Crippen LogP contribution in [0.4, 0.5) is 15.2 Å². The van der Waals surface area contributed by atoms with Crippen molar-refractivity contribution in [3.05, 3.63) is 77.6 Å². The van der Waals surface area contributed by atoms with Crippen LogP contribution < -0.4 is 5.32 Å². The van der Waals surface area contributed by atoms with Gasteiger partial charge in [-0.05, 0) is 54.7 Å². The predicted molar refractivity (Wildman–Crippen MR) is 132 cm³/mol. The Balaban J connectivity index is 1.33. The summed E-state index contributed by atoms with van der Waals surface area (Å²) < 4.78 is 15.9. The lowest BCUT2D eigenvalue weighted by Crippen LogP contribution is -2.25. The van der Waals surface area contributed by atoms with Gasteiger partial charge in [0.2, 0.25) is 0 Å². The average Bonchev–Trinajstić information content (AvgIpc) is 3.48. The SMILES string of the molecule is Cc1cccc2sc(Nc3ccc(-c4ccc(C(=O)C5CCCC5C(=O)O)cc4)cc3F)nc12. The Hall–Kier alpha value is -3.58. The number of benzene rings is 3. The number of carbonyl (C=O) groups excluding carboxylic acids is 1. The van der Waals surface area contributed by atoms with E-state index in [4.69, 9.17) is 0 Å². The van der Waals surface area contributed by atoms with Gasteiger partial charge in [-0.25, -0.2) is 9.37 Å². The molecule has 2 atom stereocenters. The number of nitrogens with one attached hydrogen (secondary N) is 1. The second-order valence-electron chi connectivity index (χ2n) is 8.68. The highest BCUT2D eigenvalue weighted by Gasteiger charge is 2.37. The van der Waals surface area contributed by atoms with E-state index in [1.807, 2.05) is 31.2 Å². The zero-order valence-corrected chi connectivity index (χ0v) is 19.4. The van der Waals surface area contributed by atoms with Crippen molar-refractivity contribution in [1.29, 1.82) is 0 Å². The molecule has 1 aromatic heterocycles. The van der Waals surface area contributed by atoms with Crippen LogP contribution >= 0.6 is 11.3 Å². The number of hydrogen-bond donors (Lipinski definition) is 2. The second-order valence-corrected chi connectivity index (χ2v) is 9.71. The topological polar surface area (TPSA) is 79.3 Å². The number of aryl methyl sites for hydroxylation is 1. The fourth-order valence-corrected chi connectivity index (χ4v) is 5.62. The lowest BCUT2D eigenvalue weighted by atomic mass is 9.88. The van der Waals surface area contributed by atoms with Crippen LogP contribution in [0.1, 0.15) is 35.2 Å². The highest BCUT2D eigenvalue weighted by Crippen LogP contribution is 2.35. The molecule has 1 aliphatic rings. The number of carboxylic acid groups (broad SMARTS) is 1. The zero-order chi connectivity index (χ0) is 23.8. The normalized spacial score (nSPS) is 17.7. The van der Waals surface area contributed by atoms with Gasteiger partial charge in [0.05, 0.1) is 21.8 Å². The van der Waals surface area contributed by atoms with Crippen molar-refractivity contribution in [2.75, 3.05) is 5.32 Å². The summed E-state index contributed by atoms with van der Waals surface area (Å²) in [6.07, 6.45) is 1.90. The monoisotopic (exact) mass is 474 g/mol. The molecule has 0 spiro atoms. The number of hydrogen-bond acceptors (Lipinski definition) is 5. The summed E-state index contributed by atoms with van der Waals surface area (Å²) >= 11 is 1.47. The number of Topliss-reactive ketones (excluding diaryl/α,β-unsaturated/α-hetero) is 1. The van der Waals surface area contributed by atoms with Crippen molar-refractivity contribution in [3.8, 4) is 11.1 Å². The van der Waals surface area contributed by atoms with E-state index >= 15 is 0 Å². The van der Waals surface area contributed by atoms with Crippen LogP contribution in [0.5, 0.6) is 0 Å². The molecule has 2 unspecified atom stereocenters. The Labute approximate surface area is 200 Å². The quantitative estimate of drug-likeness (QED) is 0.299. The molecule has 34 heavy (non-hydrogen) atoms. The van der Waals surface area contributed by atoms with Crippen LogP contribution in [0.2, 0.25) is 0 Å². The minimum atomic E-state index is -0.905. The second kappa shape index (κ2) is 8.99. The van der Waals surface area contributed by atoms with Crippen LogP contribution in [0.3, 0.4) is 0 Å². The van der Waals surface area contributed by atoms with E-state index in [0.717, 1.165) is 27.8 Å². The minimum Gasteiger partial charge on any atom is -0.481 e. The molecule has 0 amide bonds. The van der Waals surface area contributed by atoms with Crippen molar-refractivity contribution in [2.45, 2.75) is 26.2 Å². The van der Waals surface area contributed by atoms with Crippen LogP contribution in [0.25, 0.3) is 21.3 Å². The lowest BCUT2D eigenvalue weighted by Gasteiger charge is -2.15. The number of fused-ring (bicyclic) bond motifs is 1. The van der Waals surface area contributed by atoms with Crippen LogP contribution in [-0.2, 0) is 4.79 Å². The molecule has 172 valence electrons. The molecule has 0 radical (unpaired) electrons. The van der Waals surface area contributed by atoms with Gasteiger partial charge in [-0.1, -0.05) is 60.2 Å². The van der Waals surface area contributed by atoms with E-state index in [1.54, 1.807) is 30.3 Å². The number of carboxylic acids is 1. The summed E-state index contributed by atoms with van der Waals surface area (Å²) in [6, 6.07) is 17.9. The van der Waals surface area contributed by atoms with Crippen LogP contribution in [0.15, 0.2) is 60.7 Å². The van der Waals surface area contributed by atoms with Gasteiger partial charge in [-0.2, -0.15) is 0 Å². The summed E-state index contributed by atoms with van der Waals surface area (Å²) in [5, 5.41) is 13.1. The average molecular weight is 475 g/mol. The van der Waals surface area contributed by atoms with Crippen LogP contribution in [0, 0.1) is 24.6 Å². The molecule has 1 saturated carbocycles. The summed E-state index contributed by atoms with van der Waals surface area (Å²) in [5.74, 6) is -2.52. The van der Waals surface area contributed by atoms with Gasteiger partial charge in [0.25, 0.3) is 0 Å². The molecule has 5 nitrogen and oxygen atoms in total. The lowest BCUT2D eigenvalue weighted by molar-refractivity contribution is -0.142. The van der Waals surface area contributed by atoms with Gasteiger partial charge in [0.1, 0.15) is 5.82 Å². The molecule has 5 rings (SSSR count). The molecule has 2 N–H and O–H groups in total. The molecule has 0 aliphatic heterocycles. The summed E-state index contributed by atoms with van der Waals surface area (Å²) in [5.41, 5.74) is 4.28. The number of para-hydroxylation sites is 1. The van der Waals surface area contributed by atoms with E-state index in [1.165, 1.54) is 17.4 Å². The first kappa shape index (κ1) is 22.2. The molecule has 3 aromatic carbocycles. The Morgan fingerprint density at radius 2 is 1.76 bits per heavy atom. The van der Waals surface area contributed by atoms with Crippen molar-refractivity contribution in [2.24, 2.45) is 11.8 Å². The number of anilines is 2. The summed E-state index contributed by atoms with van der Waals surface area (Å²) in [7, 11) is 0. The number of ketones is 1. The summed E-state index contributed by atoms with van der Waals surface area (Å²) in [6.45, 7) is 2.00. The molecule has 4 aromatic rings. The van der Waals surface area contributed by atoms with Gasteiger partial charge in [0, 0.05) is 11.5 Å². The Morgan fingerprint density at radius 3 is 2.47 bits per heavy atom. The maximum atomic E-state index is 14.9. The third-order valence-corrected chi connectivity index (χ3v) is 7.44. The maximum absolute atomic E-state index is 14.9. The van der Waals surface area contributed by atoms with E-state index < -0.39 is 23.6 Å². The van der Waals surface area contributed by atoms with Crippen molar-refractivity contribution in [1.82, 2.24) is 4.98 Å². The number of aromatic nitrogens is 1. The highest BCUT2D eigenvalue weighted by atomic mass is 32.1. The molecular formula is C27H23FN2O3S. The van der Waals surface area contributed by atoms with Crippen LogP contribution in [-0.4, -0.2) is 21.8 Å². The van der Waals surface area contributed by atoms with Gasteiger partial charge in [0.15, 0.2) is 10.9 Å². The Morgan fingerprint density at radius 1 is 1.03 bits per heavy atom. The third-order valence-electron chi connectivity index (χ3n) is 6.50. The fraction of sp³-hybridized carbons (Fsp3) is 0.222. The number of carbonyl (C=O) groups is 2. The largest absolute Gasteiger partial charge is 0.481 e. The number of rotatable bonds is 6. The minimum absolute atomic E-state index is 0.131. The summed E-state index contributed by atoms with van der Waals surface area (Å²) in [4.78, 5) is 28.8. The van der Waals surface area contributed by atoms with Gasteiger partial charge in [-0.15, -0.1) is 0 Å². The number of aliphatic carboxylic acids is 1. The van der Waals surface area contributed by atoms with E-state index in [0.29, 0.717) is 34.8 Å². The molecular weight excluding hydrogens is 451 g/mol. The molecule has 1 heterocycles. The Bertz CT molecular complexity index is 1400. The van der Waals surface area contributed by atoms with E-state index in [-0.39, 0.29) is 5.78 Å². The van der Waals surface area contributed by atoms with Crippen molar-refractivity contribution >= 4 is 44.1 Å². The van der Waals surface area contributed by atoms with Gasteiger partial charge < -0.3 is 10.4 Å². The first-order chi connectivity index (χ1) is 16.4. The fourth-order valence-electron chi connectivity index (χ4n) is 4.66. The first-order valence-electron chi connectivity index (χ1n) is 11.2. The smallest absolute Gasteiger partial charge is 0.307 e. The standard InChI is InChI=1S/C27H23FN2O3S/c1-15-4-2-7-23-24(15)30-27(34-23)29-22-13-12-18(14-21(22)28)16-8-10-17(11-9-16)25(31)19-5-3-6-20(19)26(32)33/h2,4,7-14,19-20H,3,5-6H2,1H3,(H,29,30)(H,32,33). The number of nitrogens with zero attached hydrogens (tertiary/aromatic N) is 1. The maximum Gasteiger partial charge on any atom is 0.307 e. The molecule has 1 aliphatic carbocycles. The van der Waals surface area contributed by atoms with Crippen molar-refractivity contribution < 1.29 is 19.1 Å².